The molecule has 19 heavy (non-hydrogen) atoms. The van der Waals surface area contributed by atoms with Crippen LogP contribution in [0, 0.1) is 0 Å². The molecule has 1 aliphatic carbocycles. The molecule has 0 unspecified atom stereocenters. The van der Waals surface area contributed by atoms with Crippen molar-refractivity contribution in [2.45, 2.75) is 25.3 Å². The Labute approximate surface area is 111 Å². The third kappa shape index (κ3) is 2.54. The second-order valence-electron chi connectivity index (χ2n) is 5.08. The topological polar surface area (TPSA) is 64.9 Å². The van der Waals surface area contributed by atoms with Crippen LogP contribution in [0.4, 0.5) is 5.69 Å². The van der Waals surface area contributed by atoms with Gasteiger partial charge in [0.25, 0.3) is 0 Å². The molecule has 100 valence electrons. The Kier molecular flexibility index (Phi) is 3.11. The molecule has 1 heterocycles. The lowest BCUT2D eigenvalue weighted by atomic mass is 9.99. The molecule has 0 bridgehead atoms. The van der Waals surface area contributed by atoms with Crippen molar-refractivity contribution in [3.63, 3.8) is 0 Å². The summed E-state index contributed by atoms with van der Waals surface area (Å²) in [6, 6.07) is 8.13. The molecule has 1 aromatic carbocycles. The summed E-state index contributed by atoms with van der Waals surface area (Å²) < 4.78 is 0. The van der Waals surface area contributed by atoms with E-state index in [0.717, 1.165) is 24.1 Å². The van der Waals surface area contributed by atoms with Crippen molar-refractivity contribution >= 4 is 17.3 Å². The van der Waals surface area contributed by atoms with Crippen LogP contribution in [0.15, 0.2) is 29.4 Å². The van der Waals surface area contributed by atoms with E-state index in [9.17, 15) is 4.79 Å². The Balaban J connectivity index is 1.77. The van der Waals surface area contributed by atoms with E-state index in [2.05, 4.69) is 10.5 Å². The van der Waals surface area contributed by atoms with Crippen LogP contribution in [0.1, 0.15) is 24.8 Å². The zero-order valence-corrected chi connectivity index (χ0v) is 10.7. The highest BCUT2D eigenvalue weighted by atomic mass is 16.4. The number of nitrogens with zero attached hydrogens (tertiary/aromatic N) is 2. The maximum Gasteiger partial charge on any atom is 0.239 e. The van der Waals surface area contributed by atoms with Gasteiger partial charge < -0.3 is 15.4 Å². The zero-order chi connectivity index (χ0) is 13.2. The standard InChI is InChI=1S/C14H17N3O2/c18-14(15-10-5-6-10)9-17-8-7-12(16-19)11-3-1-2-4-13(11)17/h1-4,10,19H,5-9H2,(H,15,18). The van der Waals surface area contributed by atoms with Gasteiger partial charge in [0, 0.05) is 30.3 Å². The smallest absolute Gasteiger partial charge is 0.239 e. The summed E-state index contributed by atoms with van der Waals surface area (Å²) in [6.07, 6.45) is 2.86. The van der Waals surface area contributed by atoms with Crippen LogP contribution in [0.25, 0.3) is 0 Å². The van der Waals surface area contributed by atoms with Crippen molar-refractivity contribution < 1.29 is 10.0 Å². The molecule has 2 N–H and O–H groups in total. The first-order valence-corrected chi connectivity index (χ1v) is 6.62. The van der Waals surface area contributed by atoms with Crippen molar-refractivity contribution in [2.75, 3.05) is 18.0 Å². The van der Waals surface area contributed by atoms with Crippen molar-refractivity contribution in [3.05, 3.63) is 29.8 Å². The van der Waals surface area contributed by atoms with E-state index in [0.29, 0.717) is 31.3 Å². The number of fused-ring (bicyclic) bond motifs is 1. The molecule has 0 aromatic heterocycles. The molecule has 0 saturated heterocycles. The molecule has 5 nitrogen and oxygen atoms in total. The number of carbonyl (C=O) groups excluding carboxylic acids is 1. The quantitative estimate of drug-likeness (QED) is 0.636. The van der Waals surface area contributed by atoms with E-state index < -0.39 is 0 Å². The number of hydrogen-bond acceptors (Lipinski definition) is 4. The fourth-order valence-electron chi connectivity index (χ4n) is 2.43. The average Bonchev–Trinajstić information content (AvgIpc) is 3.23. The van der Waals surface area contributed by atoms with Gasteiger partial charge in [-0.25, -0.2) is 0 Å². The van der Waals surface area contributed by atoms with Crippen LogP contribution in [0.2, 0.25) is 0 Å². The van der Waals surface area contributed by atoms with Gasteiger partial charge in [-0.1, -0.05) is 23.4 Å². The number of benzene rings is 1. The maximum absolute atomic E-state index is 11.9. The van der Waals surface area contributed by atoms with Crippen LogP contribution in [0.3, 0.4) is 0 Å². The van der Waals surface area contributed by atoms with Crippen LogP contribution in [-0.2, 0) is 4.79 Å². The Bertz CT molecular complexity index is 523. The maximum atomic E-state index is 11.9. The Morgan fingerprint density at radius 3 is 2.95 bits per heavy atom. The van der Waals surface area contributed by atoms with Gasteiger partial charge in [-0.15, -0.1) is 0 Å². The molecular formula is C14H17N3O2. The van der Waals surface area contributed by atoms with Crippen LogP contribution in [-0.4, -0.2) is 36.0 Å². The van der Waals surface area contributed by atoms with E-state index in [1.54, 1.807) is 0 Å². The first-order valence-electron chi connectivity index (χ1n) is 6.62. The van der Waals surface area contributed by atoms with Crippen molar-refractivity contribution in [3.8, 4) is 0 Å². The lowest BCUT2D eigenvalue weighted by Gasteiger charge is -2.30. The number of rotatable bonds is 3. The van der Waals surface area contributed by atoms with Gasteiger partial charge in [0.15, 0.2) is 0 Å². The zero-order valence-electron chi connectivity index (χ0n) is 10.7. The van der Waals surface area contributed by atoms with E-state index >= 15 is 0 Å². The Morgan fingerprint density at radius 2 is 2.21 bits per heavy atom. The SMILES string of the molecule is O=C(CN1CCC(=NO)c2ccccc21)NC1CC1. The number of hydrogen-bond donors (Lipinski definition) is 2. The summed E-state index contributed by atoms with van der Waals surface area (Å²) in [4.78, 5) is 13.9. The first kappa shape index (κ1) is 12.0. The van der Waals surface area contributed by atoms with Gasteiger partial charge in [-0.3, -0.25) is 4.79 Å². The molecule has 1 aliphatic heterocycles. The fourth-order valence-corrected chi connectivity index (χ4v) is 2.43. The predicted octanol–water partition coefficient (Wildman–Crippen LogP) is 1.35. The summed E-state index contributed by atoms with van der Waals surface area (Å²) in [5, 5.41) is 15.4. The van der Waals surface area contributed by atoms with E-state index in [4.69, 9.17) is 5.21 Å². The highest BCUT2D eigenvalue weighted by Crippen LogP contribution is 2.27. The first-order chi connectivity index (χ1) is 9.28. The largest absolute Gasteiger partial charge is 0.411 e. The van der Waals surface area contributed by atoms with Gasteiger partial charge >= 0.3 is 0 Å². The van der Waals surface area contributed by atoms with Crippen molar-refractivity contribution in [2.24, 2.45) is 5.16 Å². The minimum Gasteiger partial charge on any atom is -0.411 e. The van der Waals surface area contributed by atoms with Crippen molar-refractivity contribution in [1.29, 1.82) is 0 Å². The summed E-state index contributed by atoms with van der Waals surface area (Å²) >= 11 is 0. The number of para-hydroxylation sites is 1. The van der Waals surface area contributed by atoms with Crippen LogP contribution in [0.5, 0.6) is 0 Å². The molecule has 0 radical (unpaired) electrons. The van der Waals surface area contributed by atoms with Gasteiger partial charge in [0.2, 0.25) is 5.91 Å². The number of carbonyl (C=O) groups is 1. The third-order valence-electron chi connectivity index (χ3n) is 3.57. The van der Waals surface area contributed by atoms with E-state index in [1.165, 1.54) is 0 Å². The lowest BCUT2D eigenvalue weighted by Crippen LogP contribution is -2.41. The third-order valence-corrected chi connectivity index (χ3v) is 3.57. The number of amides is 1. The molecular weight excluding hydrogens is 242 g/mol. The Hall–Kier alpha value is -2.04. The Morgan fingerprint density at radius 1 is 1.42 bits per heavy atom. The molecule has 3 rings (SSSR count). The molecule has 0 atom stereocenters. The van der Waals surface area contributed by atoms with Gasteiger partial charge in [-0.05, 0) is 18.9 Å². The second kappa shape index (κ2) is 4.91. The monoisotopic (exact) mass is 259 g/mol. The summed E-state index contributed by atoms with van der Waals surface area (Å²) in [6.45, 7) is 1.07. The minimum absolute atomic E-state index is 0.0710. The van der Waals surface area contributed by atoms with E-state index in [-0.39, 0.29) is 5.91 Å². The molecule has 0 spiro atoms. The van der Waals surface area contributed by atoms with Gasteiger partial charge in [0.1, 0.15) is 0 Å². The minimum atomic E-state index is 0.0710. The molecule has 1 saturated carbocycles. The summed E-state index contributed by atoms with van der Waals surface area (Å²) in [7, 11) is 0. The molecule has 1 amide bonds. The average molecular weight is 259 g/mol. The highest BCUT2D eigenvalue weighted by Gasteiger charge is 2.26. The number of anilines is 1. The van der Waals surface area contributed by atoms with Gasteiger partial charge in [0.05, 0.1) is 12.3 Å². The predicted molar refractivity (Wildman–Crippen MR) is 72.8 cm³/mol. The van der Waals surface area contributed by atoms with E-state index in [1.807, 2.05) is 29.2 Å². The fraction of sp³-hybridized carbons (Fsp3) is 0.429. The lowest BCUT2D eigenvalue weighted by molar-refractivity contribution is -0.119. The van der Waals surface area contributed by atoms with Crippen molar-refractivity contribution in [1.82, 2.24) is 5.32 Å². The normalized spacial score (nSPS) is 20.2. The van der Waals surface area contributed by atoms with Crippen LogP contribution >= 0.6 is 0 Å². The molecule has 2 aliphatic rings. The number of oxime groups is 1. The summed E-state index contributed by atoms with van der Waals surface area (Å²) in [5.41, 5.74) is 2.57. The summed E-state index contributed by atoms with van der Waals surface area (Å²) in [5.74, 6) is 0.0710. The highest BCUT2D eigenvalue weighted by molar-refractivity contribution is 6.07. The number of nitrogens with one attached hydrogen (secondary N) is 1. The molecule has 1 fully saturated rings. The second-order valence-corrected chi connectivity index (χ2v) is 5.08. The molecule has 1 aromatic rings. The van der Waals surface area contributed by atoms with Crippen LogP contribution < -0.4 is 10.2 Å². The van der Waals surface area contributed by atoms with Gasteiger partial charge in [-0.2, -0.15) is 0 Å². The molecule has 5 heteroatoms.